The molecule has 0 radical (unpaired) electrons. The quantitative estimate of drug-likeness (QED) is 0.378. The maximum atomic E-state index is 13.8. The van der Waals surface area contributed by atoms with Crippen molar-refractivity contribution in [1.82, 2.24) is 14.1 Å². The van der Waals surface area contributed by atoms with E-state index in [1.165, 1.54) is 10.6 Å². The standard InChI is InChI=1S/C27H27N3O3S/c1-17-6-8-20(9-7-17)24-14-25(31)29(16-23-19(3)26(33-4)18(2)15-28-23)27(32)30(24)21-10-12-22(34-5)13-11-21/h6-15H,16H2,1-5H3. The number of hydrogen-bond acceptors (Lipinski definition) is 5. The van der Waals surface area contributed by atoms with Crippen LogP contribution < -0.4 is 16.0 Å². The van der Waals surface area contributed by atoms with Crippen LogP contribution in [0.1, 0.15) is 22.4 Å². The lowest BCUT2D eigenvalue weighted by atomic mass is 10.1. The van der Waals surface area contributed by atoms with E-state index in [2.05, 4.69) is 4.98 Å². The second kappa shape index (κ2) is 9.73. The van der Waals surface area contributed by atoms with Crippen molar-refractivity contribution in [3.8, 4) is 22.7 Å². The summed E-state index contributed by atoms with van der Waals surface area (Å²) in [5.41, 5.74) is 4.68. The Morgan fingerprint density at radius 1 is 0.971 bits per heavy atom. The summed E-state index contributed by atoms with van der Waals surface area (Å²) in [6.07, 6.45) is 3.71. The first-order chi connectivity index (χ1) is 16.3. The predicted molar refractivity (Wildman–Crippen MR) is 138 cm³/mol. The summed E-state index contributed by atoms with van der Waals surface area (Å²) in [6.45, 7) is 5.86. The van der Waals surface area contributed by atoms with Crippen molar-refractivity contribution in [2.24, 2.45) is 0 Å². The Bertz CT molecular complexity index is 1450. The smallest absolute Gasteiger partial charge is 0.336 e. The molecule has 174 valence electrons. The van der Waals surface area contributed by atoms with Crippen molar-refractivity contribution < 1.29 is 4.74 Å². The first-order valence-corrected chi connectivity index (χ1v) is 12.1. The van der Waals surface area contributed by atoms with E-state index in [0.29, 0.717) is 22.8 Å². The normalized spacial score (nSPS) is 11.0. The van der Waals surface area contributed by atoms with Crippen molar-refractivity contribution in [2.45, 2.75) is 32.2 Å². The molecule has 0 fully saturated rings. The molecule has 4 aromatic rings. The van der Waals surface area contributed by atoms with Crippen molar-refractivity contribution >= 4 is 11.8 Å². The minimum atomic E-state index is -0.416. The summed E-state index contributed by atoms with van der Waals surface area (Å²) in [5, 5.41) is 0. The Morgan fingerprint density at radius 3 is 2.26 bits per heavy atom. The molecule has 0 atom stereocenters. The summed E-state index contributed by atoms with van der Waals surface area (Å²) in [7, 11) is 1.60. The lowest BCUT2D eigenvalue weighted by Crippen LogP contribution is -2.40. The molecule has 6 nitrogen and oxygen atoms in total. The van der Waals surface area contributed by atoms with Gasteiger partial charge in [-0.05, 0) is 56.9 Å². The number of rotatable bonds is 6. The van der Waals surface area contributed by atoms with E-state index in [9.17, 15) is 9.59 Å². The first kappa shape index (κ1) is 23.6. The number of hydrogen-bond donors (Lipinski definition) is 0. The van der Waals surface area contributed by atoms with Crippen molar-refractivity contribution in [3.63, 3.8) is 0 Å². The van der Waals surface area contributed by atoms with Crippen LogP contribution in [0.5, 0.6) is 5.75 Å². The van der Waals surface area contributed by atoms with Gasteiger partial charge in [0, 0.05) is 28.3 Å². The third-order valence-electron chi connectivity index (χ3n) is 5.92. The molecule has 0 aliphatic carbocycles. The summed E-state index contributed by atoms with van der Waals surface area (Å²) < 4.78 is 8.32. The number of thioether (sulfide) groups is 1. The van der Waals surface area contributed by atoms with Gasteiger partial charge < -0.3 is 4.74 Å². The second-order valence-electron chi connectivity index (χ2n) is 8.18. The number of aryl methyl sites for hydroxylation is 2. The summed E-state index contributed by atoms with van der Waals surface area (Å²) in [4.78, 5) is 32.6. The highest BCUT2D eigenvalue weighted by atomic mass is 32.2. The number of ether oxygens (including phenoxy) is 1. The third kappa shape index (κ3) is 4.43. The molecule has 0 spiro atoms. The van der Waals surface area contributed by atoms with E-state index < -0.39 is 5.69 Å². The molecule has 2 aromatic heterocycles. The highest BCUT2D eigenvalue weighted by Gasteiger charge is 2.17. The van der Waals surface area contributed by atoms with E-state index in [4.69, 9.17) is 4.74 Å². The van der Waals surface area contributed by atoms with E-state index in [-0.39, 0.29) is 12.1 Å². The maximum absolute atomic E-state index is 13.8. The van der Waals surface area contributed by atoms with Crippen molar-refractivity contribution in [2.75, 3.05) is 13.4 Å². The Kier molecular flexibility index (Phi) is 6.75. The molecule has 2 heterocycles. The minimum absolute atomic E-state index is 0.0528. The monoisotopic (exact) mass is 473 g/mol. The minimum Gasteiger partial charge on any atom is -0.496 e. The van der Waals surface area contributed by atoms with Gasteiger partial charge in [0.2, 0.25) is 0 Å². The van der Waals surface area contributed by atoms with Gasteiger partial charge in [0.05, 0.1) is 30.7 Å². The van der Waals surface area contributed by atoms with E-state index in [1.54, 1.807) is 29.6 Å². The second-order valence-corrected chi connectivity index (χ2v) is 9.06. The van der Waals surface area contributed by atoms with Crippen LogP contribution in [-0.4, -0.2) is 27.5 Å². The lowest BCUT2D eigenvalue weighted by Gasteiger charge is -2.17. The zero-order valence-corrected chi connectivity index (χ0v) is 20.8. The number of benzene rings is 2. The Hall–Kier alpha value is -3.58. The molecule has 0 unspecified atom stereocenters. The zero-order chi connectivity index (χ0) is 24.4. The molecule has 0 N–H and O–H groups in total. The van der Waals surface area contributed by atoms with Gasteiger partial charge in [-0.2, -0.15) is 0 Å². The highest BCUT2D eigenvalue weighted by molar-refractivity contribution is 7.98. The van der Waals surface area contributed by atoms with Crippen LogP contribution in [-0.2, 0) is 6.54 Å². The molecule has 0 saturated heterocycles. The fourth-order valence-electron chi connectivity index (χ4n) is 4.02. The third-order valence-corrected chi connectivity index (χ3v) is 6.67. The predicted octanol–water partition coefficient (Wildman–Crippen LogP) is 4.77. The average Bonchev–Trinajstić information content (AvgIpc) is 2.83. The molecule has 0 saturated carbocycles. The van der Waals surface area contributed by atoms with Gasteiger partial charge in [-0.15, -0.1) is 11.8 Å². The highest BCUT2D eigenvalue weighted by Crippen LogP contribution is 2.25. The Morgan fingerprint density at radius 2 is 1.65 bits per heavy atom. The fourth-order valence-corrected chi connectivity index (χ4v) is 4.43. The maximum Gasteiger partial charge on any atom is 0.336 e. The molecule has 0 aliphatic rings. The SMILES string of the molecule is COc1c(C)cnc(Cn2c(=O)cc(-c3ccc(C)cc3)n(-c3ccc(SC)cc3)c2=O)c1C. The zero-order valence-electron chi connectivity index (χ0n) is 20.0. The fraction of sp³-hybridized carbons (Fsp3) is 0.222. The molecule has 0 bridgehead atoms. The van der Waals surface area contributed by atoms with Gasteiger partial charge in [0.15, 0.2) is 0 Å². The van der Waals surface area contributed by atoms with Crippen LogP contribution >= 0.6 is 11.8 Å². The van der Waals surface area contributed by atoms with Crippen molar-refractivity contribution in [1.29, 1.82) is 0 Å². The summed E-state index contributed by atoms with van der Waals surface area (Å²) in [5.74, 6) is 0.710. The Labute approximate surface area is 202 Å². The molecule has 34 heavy (non-hydrogen) atoms. The van der Waals surface area contributed by atoms with Crippen LogP contribution in [0.15, 0.2) is 75.3 Å². The number of methoxy groups -OCH3 is 1. The van der Waals surface area contributed by atoms with Gasteiger partial charge >= 0.3 is 5.69 Å². The number of aromatic nitrogens is 3. The van der Waals surface area contributed by atoms with Gasteiger partial charge in [-0.25, -0.2) is 4.79 Å². The summed E-state index contributed by atoms with van der Waals surface area (Å²) in [6, 6.07) is 17.1. The molecule has 2 aromatic carbocycles. The van der Waals surface area contributed by atoms with E-state index in [1.807, 2.05) is 75.6 Å². The van der Waals surface area contributed by atoms with Crippen LogP contribution in [0.25, 0.3) is 16.9 Å². The van der Waals surface area contributed by atoms with Crippen LogP contribution in [0.2, 0.25) is 0 Å². The molecular weight excluding hydrogens is 446 g/mol. The topological polar surface area (TPSA) is 66.1 Å². The van der Waals surface area contributed by atoms with Crippen molar-refractivity contribution in [3.05, 3.63) is 104 Å². The molecular formula is C27H27N3O3S. The summed E-state index contributed by atoms with van der Waals surface area (Å²) >= 11 is 1.63. The molecule has 7 heteroatoms. The number of pyridine rings is 1. The van der Waals surface area contributed by atoms with E-state index in [0.717, 1.165) is 27.1 Å². The number of nitrogens with zero attached hydrogens (tertiary/aromatic N) is 3. The largest absolute Gasteiger partial charge is 0.496 e. The van der Waals surface area contributed by atoms with Crippen LogP contribution in [0.4, 0.5) is 0 Å². The van der Waals surface area contributed by atoms with Gasteiger partial charge in [-0.1, -0.05) is 29.8 Å². The lowest BCUT2D eigenvalue weighted by molar-refractivity contribution is 0.406. The van der Waals surface area contributed by atoms with E-state index >= 15 is 0 Å². The van der Waals surface area contributed by atoms with Gasteiger partial charge in [-0.3, -0.25) is 18.9 Å². The van der Waals surface area contributed by atoms with Gasteiger partial charge in [0.25, 0.3) is 5.56 Å². The van der Waals surface area contributed by atoms with Gasteiger partial charge in [0.1, 0.15) is 5.75 Å². The molecule has 4 rings (SSSR count). The first-order valence-electron chi connectivity index (χ1n) is 10.9. The van der Waals surface area contributed by atoms with Crippen LogP contribution in [0.3, 0.4) is 0 Å². The Balaban J connectivity index is 1.94. The van der Waals surface area contributed by atoms with Crippen LogP contribution in [0, 0.1) is 20.8 Å². The average molecular weight is 474 g/mol. The molecule has 0 amide bonds. The molecule has 0 aliphatic heterocycles.